The number of aryl methyl sites for hydroxylation is 2. The highest BCUT2D eigenvalue weighted by atomic mass is 32.2. The van der Waals surface area contributed by atoms with Crippen molar-refractivity contribution in [2.24, 2.45) is 0 Å². The predicted molar refractivity (Wildman–Crippen MR) is 93.2 cm³/mol. The van der Waals surface area contributed by atoms with Crippen LogP contribution < -0.4 is 5.32 Å². The van der Waals surface area contributed by atoms with E-state index < -0.39 is 0 Å². The standard InChI is InChI=1S/C18H26N2OS/c1-13-3-4-15(9-14(13)2)11-20(17-5-6-17)18(21)10-16-12-22-8-7-19-16/h3-4,9,16-17,19H,5-8,10-12H2,1-2H3. The highest BCUT2D eigenvalue weighted by molar-refractivity contribution is 7.99. The first kappa shape index (κ1) is 15.9. The summed E-state index contributed by atoms with van der Waals surface area (Å²) in [5.74, 6) is 2.55. The maximum atomic E-state index is 12.7. The number of carbonyl (C=O) groups is 1. The molecule has 0 aromatic heterocycles. The van der Waals surface area contributed by atoms with Crippen LogP contribution in [0.4, 0.5) is 0 Å². The molecule has 1 aliphatic heterocycles. The molecule has 1 N–H and O–H groups in total. The number of rotatable bonds is 5. The lowest BCUT2D eigenvalue weighted by Gasteiger charge is -2.28. The molecule has 3 nitrogen and oxygen atoms in total. The summed E-state index contributed by atoms with van der Waals surface area (Å²) in [6, 6.07) is 7.39. The van der Waals surface area contributed by atoms with Crippen LogP contribution in [0.15, 0.2) is 18.2 Å². The number of amides is 1. The third kappa shape index (κ3) is 4.05. The molecule has 1 aromatic carbocycles. The fraction of sp³-hybridized carbons (Fsp3) is 0.611. The van der Waals surface area contributed by atoms with E-state index in [-0.39, 0.29) is 0 Å². The Kier molecular flexibility index (Phi) is 5.09. The van der Waals surface area contributed by atoms with Gasteiger partial charge in [-0.25, -0.2) is 0 Å². The number of nitrogens with one attached hydrogen (secondary N) is 1. The third-order valence-electron chi connectivity index (χ3n) is 4.65. The third-order valence-corrected chi connectivity index (χ3v) is 5.78. The van der Waals surface area contributed by atoms with E-state index in [1.165, 1.54) is 35.3 Å². The minimum absolute atomic E-state index is 0.320. The quantitative estimate of drug-likeness (QED) is 0.906. The van der Waals surface area contributed by atoms with Crippen molar-refractivity contribution in [3.63, 3.8) is 0 Å². The molecule has 1 saturated carbocycles. The van der Waals surface area contributed by atoms with Crippen LogP contribution >= 0.6 is 11.8 Å². The predicted octanol–water partition coefficient (Wildman–Crippen LogP) is 2.89. The molecule has 22 heavy (non-hydrogen) atoms. The Morgan fingerprint density at radius 1 is 1.32 bits per heavy atom. The summed E-state index contributed by atoms with van der Waals surface area (Å²) >= 11 is 1.96. The topological polar surface area (TPSA) is 32.3 Å². The van der Waals surface area contributed by atoms with Crippen LogP contribution in [0.1, 0.15) is 36.0 Å². The Hall–Kier alpha value is -1.00. The molecular formula is C18H26N2OS. The average Bonchev–Trinajstić information content (AvgIpc) is 3.34. The van der Waals surface area contributed by atoms with Crippen LogP contribution in [0, 0.1) is 13.8 Å². The first-order valence-electron chi connectivity index (χ1n) is 8.30. The maximum Gasteiger partial charge on any atom is 0.224 e. The number of thioether (sulfide) groups is 1. The second kappa shape index (κ2) is 7.05. The lowest BCUT2D eigenvalue weighted by Crippen LogP contribution is -2.43. The highest BCUT2D eigenvalue weighted by Gasteiger charge is 2.33. The molecule has 2 fully saturated rings. The van der Waals surface area contributed by atoms with Gasteiger partial charge in [-0.1, -0.05) is 18.2 Å². The Morgan fingerprint density at radius 2 is 2.14 bits per heavy atom. The molecule has 2 aliphatic rings. The molecule has 3 rings (SSSR count). The Balaban J connectivity index is 1.64. The molecule has 4 heteroatoms. The summed E-state index contributed by atoms with van der Waals surface area (Å²) in [4.78, 5) is 14.8. The summed E-state index contributed by atoms with van der Waals surface area (Å²) in [5.41, 5.74) is 3.89. The van der Waals surface area contributed by atoms with E-state index in [4.69, 9.17) is 0 Å². The molecule has 0 radical (unpaired) electrons. The van der Waals surface area contributed by atoms with Crippen molar-refractivity contribution < 1.29 is 4.79 Å². The smallest absolute Gasteiger partial charge is 0.224 e. The van der Waals surface area contributed by atoms with Gasteiger partial charge >= 0.3 is 0 Å². The average molecular weight is 318 g/mol. The van der Waals surface area contributed by atoms with E-state index in [2.05, 4.69) is 42.3 Å². The molecule has 0 bridgehead atoms. The van der Waals surface area contributed by atoms with E-state index in [9.17, 15) is 4.79 Å². The number of nitrogens with zero attached hydrogens (tertiary/aromatic N) is 1. The number of benzene rings is 1. The second-order valence-corrected chi connectivity index (χ2v) is 7.75. The lowest BCUT2D eigenvalue weighted by molar-refractivity contribution is -0.132. The minimum atomic E-state index is 0.320. The molecule has 1 heterocycles. The van der Waals surface area contributed by atoms with Crippen LogP contribution in [0.2, 0.25) is 0 Å². The van der Waals surface area contributed by atoms with E-state index in [0.29, 0.717) is 24.4 Å². The molecule has 1 aliphatic carbocycles. The van der Waals surface area contributed by atoms with E-state index in [1.807, 2.05) is 11.8 Å². The van der Waals surface area contributed by atoms with Crippen molar-refractivity contribution in [1.29, 1.82) is 0 Å². The molecule has 1 saturated heterocycles. The van der Waals surface area contributed by atoms with Gasteiger partial charge < -0.3 is 10.2 Å². The van der Waals surface area contributed by atoms with Gasteiger partial charge in [0.15, 0.2) is 0 Å². The Bertz CT molecular complexity index is 536. The van der Waals surface area contributed by atoms with Gasteiger partial charge in [0.2, 0.25) is 5.91 Å². The van der Waals surface area contributed by atoms with Gasteiger partial charge in [0.1, 0.15) is 0 Å². The molecule has 1 atom stereocenters. The summed E-state index contributed by atoms with van der Waals surface area (Å²) in [7, 11) is 0. The van der Waals surface area contributed by atoms with E-state index >= 15 is 0 Å². The zero-order chi connectivity index (χ0) is 15.5. The molecular weight excluding hydrogens is 292 g/mol. The lowest BCUT2D eigenvalue weighted by atomic mass is 10.1. The monoisotopic (exact) mass is 318 g/mol. The zero-order valence-electron chi connectivity index (χ0n) is 13.6. The van der Waals surface area contributed by atoms with Gasteiger partial charge in [0.05, 0.1) is 0 Å². The molecule has 1 amide bonds. The van der Waals surface area contributed by atoms with Crippen molar-refractivity contribution >= 4 is 17.7 Å². The molecule has 120 valence electrons. The summed E-state index contributed by atoms with van der Waals surface area (Å²) in [6.07, 6.45) is 2.99. The normalized spacial score (nSPS) is 21.6. The van der Waals surface area contributed by atoms with Gasteiger partial charge in [-0.2, -0.15) is 11.8 Å². The van der Waals surface area contributed by atoms with Gasteiger partial charge in [-0.15, -0.1) is 0 Å². The van der Waals surface area contributed by atoms with Gasteiger partial charge in [0.25, 0.3) is 0 Å². The van der Waals surface area contributed by atoms with E-state index in [1.54, 1.807) is 0 Å². The van der Waals surface area contributed by atoms with Crippen molar-refractivity contribution in [1.82, 2.24) is 10.2 Å². The zero-order valence-corrected chi connectivity index (χ0v) is 14.4. The molecule has 0 spiro atoms. The maximum absolute atomic E-state index is 12.7. The van der Waals surface area contributed by atoms with E-state index in [0.717, 1.165) is 18.8 Å². The van der Waals surface area contributed by atoms with Crippen LogP contribution in [0.25, 0.3) is 0 Å². The minimum Gasteiger partial charge on any atom is -0.335 e. The summed E-state index contributed by atoms with van der Waals surface area (Å²) in [6.45, 7) is 6.08. The SMILES string of the molecule is Cc1ccc(CN(C(=O)CC2CSCCN2)C2CC2)cc1C. The summed E-state index contributed by atoms with van der Waals surface area (Å²) < 4.78 is 0. The van der Waals surface area contributed by atoms with Crippen LogP contribution in [0.5, 0.6) is 0 Å². The van der Waals surface area contributed by atoms with Crippen LogP contribution in [-0.2, 0) is 11.3 Å². The number of hydrogen-bond acceptors (Lipinski definition) is 3. The van der Waals surface area contributed by atoms with Crippen molar-refractivity contribution in [3.8, 4) is 0 Å². The number of hydrogen-bond donors (Lipinski definition) is 1. The largest absolute Gasteiger partial charge is 0.335 e. The van der Waals surface area contributed by atoms with Gasteiger partial charge in [-0.05, 0) is 43.4 Å². The first-order valence-corrected chi connectivity index (χ1v) is 9.45. The van der Waals surface area contributed by atoms with Crippen molar-refractivity contribution in [2.45, 2.75) is 51.7 Å². The highest BCUT2D eigenvalue weighted by Crippen LogP contribution is 2.29. The van der Waals surface area contributed by atoms with Gasteiger partial charge in [0, 0.05) is 43.1 Å². The number of carbonyl (C=O) groups excluding carboxylic acids is 1. The fourth-order valence-corrected chi connectivity index (χ4v) is 3.93. The summed E-state index contributed by atoms with van der Waals surface area (Å²) in [5, 5.41) is 3.48. The molecule has 1 unspecified atom stereocenters. The Morgan fingerprint density at radius 3 is 2.77 bits per heavy atom. The first-order chi connectivity index (χ1) is 10.6. The second-order valence-electron chi connectivity index (χ2n) is 6.60. The van der Waals surface area contributed by atoms with Gasteiger partial charge in [-0.3, -0.25) is 4.79 Å². The Labute approximate surface area is 137 Å². The van der Waals surface area contributed by atoms with Crippen LogP contribution in [0.3, 0.4) is 0 Å². The fourth-order valence-electron chi connectivity index (χ4n) is 2.98. The van der Waals surface area contributed by atoms with Crippen molar-refractivity contribution in [3.05, 3.63) is 34.9 Å². The molecule has 1 aromatic rings. The van der Waals surface area contributed by atoms with Crippen molar-refractivity contribution in [2.75, 3.05) is 18.1 Å². The van der Waals surface area contributed by atoms with Crippen LogP contribution in [-0.4, -0.2) is 40.9 Å².